The summed E-state index contributed by atoms with van der Waals surface area (Å²) >= 11 is 0. The minimum atomic E-state index is -4.83. The Morgan fingerprint density at radius 2 is 2.00 bits per heavy atom. The van der Waals surface area contributed by atoms with E-state index in [2.05, 4.69) is 16.4 Å². The van der Waals surface area contributed by atoms with Crippen molar-refractivity contribution in [2.24, 2.45) is 0 Å². The molecule has 1 heterocycles. The highest BCUT2D eigenvalue weighted by molar-refractivity contribution is 5.77. The summed E-state index contributed by atoms with van der Waals surface area (Å²) < 4.78 is 53.1. The highest BCUT2D eigenvalue weighted by Crippen LogP contribution is 2.35. The molecule has 1 aromatic carbocycles. The van der Waals surface area contributed by atoms with Crippen LogP contribution in [0.3, 0.4) is 0 Å². The number of rotatable bonds is 6. The highest BCUT2D eigenvalue weighted by atomic mass is 19.4. The van der Waals surface area contributed by atoms with Crippen LogP contribution in [0.5, 0.6) is 0 Å². The van der Waals surface area contributed by atoms with E-state index >= 15 is 0 Å². The number of carbonyl (C=O) groups is 1. The number of nitrogens with one attached hydrogen (secondary N) is 1. The van der Waals surface area contributed by atoms with Gasteiger partial charge >= 0.3 is 12.2 Å². The molecule has 36 heavy (non-hydrogen) atoms. The van der Waals surface area contributed by atoms with E-state index in [4.69, 9.17) is 5.26 Å². The van der Waals surface area contributed by atoms with Gasteiger partial charge in [-0.15, -0.1) is 0 Å². The Hall–Kier alpha value is -4.19. The SMILES string of the molecule is C/C(=C\C=C(/C)N(Cc1ccccn1)C(=O)NC1C=CC(F)=C(C(F)(F)F)C1)c1cccc(C#N)c1. The number of alkyl halides is 3. The third-order valence-electron chi connectivity index (χ3n) is 5.58. The molecule has 0 spiro atoms. The van der Waals surface area contributed by atoms with Gasteiger partial charge in [0.2, 0.25) is 0 Å². The topological polar surface area (TPSA) is 69.0 Å². The second kappa shape index (κ2) is 11.5. The van der Waals surface area contributed by atoms with Gasteiger partial charge in [0, 0.05) is 18.3 Å². The molecule has 2 amide bonds. The third kappa shape index (κ3) is 6.92. The van der Waals surface area contributed by atoms with Gasteiger partial charge in [-0.3, -0.25) is 9.88 Å². The molecule has 0 saturated heterocycles. The number of halogens is 4. The Morgan fingerprint density at radius 3 is 2.67 bits per heavy atom. The number of pyridine rings is 1. The van der Waals surface area contributed by atoms with Crippen LogP contribution < -0.4 is 5.32 Å². The second-order valence-corrected chi connectivity index (χ2v) is 8.20. The van der Waals surface area contributed by atoms with E-state index in [1.165, 1.54) is 11.0 Å². The number of benzene rings is 1. The molecular weight excluding hydrogens is 472 g/mol. The molecular formula is C27H24F4N4O. The molecule has 0 bridgehead atoms. The van der Waals surface area contributed by atoms with E-state index < -0.39 is 36.1 Å². The summed E-state index contributed by atoms with van der Waals surface area (Å²) in [7, 11) is 0. The lowest BCUT2D eigenvalue weighted by Gasteiger charge is -2.28. The van der Waals surface area contributed by atoms with E-state index in [-0.39, 0.29) is 6.54 Å². The minimum Gasteiger partial charge on any atom is -0.331 e. The first-order chi connectivity index (χ1) is 17.1. The molecule has 0 radical (unpaired) electrons. The molecule has 1 N–H and O–H groups in total. The summed E-state index contributed by atoms with van der Waals surface area (Å²) in [5, 5.41) is 11.7. The molecule has 5 nitrogen and oxygen atoms in total. The van der Waals surface area contributed by atoms with Gasteiger partial charge in [0.25, 0.3) is 0 Å². The second-order valence-electron chi connectivity index (χ2n) is 8.20. The number of carbonyl (C=O) groups excluding carboxylic acids is 1. The maximum absolute atomic E-state index is 13.7. The van der Waals surface area contributed by atoms with Crippen LogP contribution in [0.2, 0.25) is 0 Å². The normalized spacial score (nSPS) is 16.5. The third-order valence-corrected chi connectivity index (χ3v) is 5.58. The summed E-state index contributed by atoms with van der Waals surface area (Å²) in [6.45, 7) is 3.61. The van der Waals surface area contributed by atoms with E-state index in [9.17, 15) is 22.4 Å². The van der Waals surface area contributed by atoms with Crippen LogP contribution in [-0.4, -0.2) is 28.1 Å². The molecule has 1 atom stereocenters. The average molecular weight is 497 g/mol. The fraction of sp³-hybridized carbons (Fsp3) is 0.222. The van der Waals surface area contributed by atoms with Gasteiger partial charge in [0.15, 0.2) is 0 Å². The number of nitrogens with zero attached hydrogens (tertiary/aromatic N) is 3. The standard InChI is InChI=1S/C27H24F4N4O/c1-18(21-7-5-6-20(14-21)16-32)9-10-19(2)35(17-23-8-3-4-13-33-23)26(36)34-22-11-12-25(28)24(15-22)27(29,30)31/h3-14,22H,15,17H2,1-2H3,(H,34,36)/b18-9+,19-10+. The monoisotopic (exact) mass is 496 g/mol. The van der Waals surface area contributed by atoms with Crippen LogP contribution in [0.4, 0.5) is 22.4 Å². The summed E-state index contributed by atoms with van der Waals surface area (Å²) in [6.07, 6.45) is 1.46. The maximum atomic E-state index is 13.7. The van der Waals surface area contributed by atoms with Crippen LogP contribution in [0.25, 0.3) is 5.57 Å². The first-order valence-corrected chi connectivity index (χ1v) is 11.1. The van der Waals surface area contributed by atoms with Crippen molar-refractivity contribution >= 4 is 11.6 Å². The molecule has 1 aliphatic carbocycles. The lowest BCUT2D eigenvalue weighted by Crippen LogP contribution is -2.44. The van der Waals surface area contributed by atoms with Gasteiger partial charge in [-0.2, -0.15) is 18.4 Å². The molecule has 2 aromatic rings. The molecule has 1 aliphatic rings. The predicted molar refractivity (Wildman–Crippen MR) is 129 cm³/mol. The Kier molecular flexibility index (Phi) is 8.43. The van der Waals surface area contributed by atoms with Gasteiger partial charge in [0.05, 0.1) is 35.5 Å². The first-order valence-electron chi connectivity index (χ1n) is 11.1. The van der Waals surface area contributed by atoms with Crippen molar-refractivity contribution in [1.29, 1.82) is 5.26 Å². The molecule has 0 aliphatic heterocycles. The first kappa shape index (κ1) is 26.4. The molecule has 186 valence electrons. The van der Waals surface area contributed by atoms with Gasteiger partial charge in [0.1, 0.15) is 5.83 Å². The van der Waals surface area contributed by atoms with E-state index in [1.54, 1.807) is 61.7 Å². The summed E-state index contributed by atoms with van der Waals surface area (Å²) in [5.41, 5.74) is 1.96. The number of urea groups is 1. The number of hydrogen-bond donors (Lipinski definition) is 1. The fourth-order valence-corrected chi connectivity index (χ4v) is 3.55. The van der Waals surface area contributed by atoms with E-state index in [1.807, 2.05) is 13.0 Å². The van der Waals surface area contributed by atoms with Gasteiger partial charge < -0.3 is 5.32 Å². The maximum Gasteiger partial charge on any atom is 0.415 e. The van der Waals surface area contributed by atoms with Crippen molar-refractivity contribution in [3.63, 3.8) is 0 Å². The lowest BCUT2D eigenvalue weighted by atomic mass is 9.99. The van der Waals surface area contributed by atoms with Crippen molar-refractivity contribution in [2.75, 3.05) is 0 Å². The van der Waals surface area contributed by atoms with Crippen LogP contribution in [0.1, 0.15) is 37.1 Å². The van der Waals surface area contributed by atoms with Gasteiger partial charge in [-0.25, -0.2) is 9.18 Å². The molecule has 1 unspecified atom stereocenters. The van der Waals surface area contributed by atoms with Crippen molar-refractivity contribution in [2.45, 2.75) is 39.0 Å². The number of hydrogen-bond acceptors (Lipinski definition) is 3. The Balaban J connectivity index is 1.84. The van der Waals surface area contributed by atoms with Gasteiger partial charge in [-0.05, 0) is 61.4 Å². The van der Waals surface area contributed by atoms with Crippen LogP contribution in [-0.2, 0) is 6.54 Å². The van der Waals surface area contributed by atoms with E-state index in [0.29, 0.717) is 17.0 Å². The van der Waals surface area contributed by atoms with Gasteiger partial charge in [-0.1, -0.05) is 30.4 Å². The Labute approximate surface area is 206 Å². The zero-order chi connectivity index (χ0) is 26.3. The number of aromatic nitrogens is 1. The Morgan fingerprint density at radius 1 is 1.22 bits per heavy atom. The summed E-state index contributed by atoms with van der Waals surface area (Å²) in [4.78, 5) is 18.7. The van der Waals surface area contributed by atoms with Crippen molar-refractivity contribution < 1.29 is 22.4 Å². The number of nitriles is 1. The number of amides is 2. The Bertz CT molecular complexity index is 1270. The molecule has 0 saturated carbocycles. The zero-order valence-electron chi connectivity index (χ0n) is 19.7. The van der Waals surface area contributed by atoms with Crippen LogP contribution >= 0.6 is 0 Å². The summed E-state index contributed by atoms with van der Waals surface area (Å²) in [5.74, 6) is -1.35. The zero-order valence-corrected chi connectivity index (χ0v) is 19.7. The molecule has 3 rings (SSSR count). The minimum absolute atomic E-state index is 0.0680. The van der Waals surface area contributed by atoms with Crippen LogP contribution in [0, 0.1) is 11.3 Å². The highest BCUT2D eigenvalue weighted by Gasteiger charge is 2.39. The average Bonchev–Trinajstić information content (AvgIpc) is 2.86. The van der Waals surface area contributed by atoms with E-state index in [0.717, 1.165) is 17.2 Å². The van der Waals surface area contributed by atoms with Crippen molar-refractivity contribution in [1.82, 2.24) is 15.2 Å². The smallest absolute Gasteiger partial charge is 0.331 e. The summed E-state index contributed by atoms with van der Waals surface area (Å²) in [6, 6.07) is 12.7. The number of allylic oxidation sites excluding steroid dienone is 6. The van der Waals surface area contributed by atoms with Crippen LogP contribution in [0.15, 0.2) is 90.1 Å². The van der Waals surface area contributed by atoms with Crippen molar-refractivity contribution in [3.8, 4) is 6.07 Å². The fourth-order valence-electron chi connectivity index (χ4n) is 3.55. The van der Waals surface area contributed by atoms with Crippen molar-refractivity contribution in [3.05, 3.63) is 107 Å². The predicted octanol–water partition coefficient (Wildman–Crippen LogP) is 6.59. The largest absolute Gasteiger partial charge is 0.415 e. The lowest BCUT2D eigenvalue weighted by molar-refractivity contribution is -0.0963. The molecule has 0 fully saturated rings. The molecule has 1 aromatic heterocycles. The molecule has 9 heteroatoms. The quantitative estimate of drug-likeness (QED) is 0.363.